The Balaban J connectivity index is 2.24. The van der Waals surface area contributed by atoms with Crippen LogP contribution in [0.15, 0.2) is 24.3 Å². The lowest BCUT2D eigenvalue weighted by atomic mass is 10.2. The zero-order valence-electron chi connectivity index (χ0n) is 15.4. The summed E-state index contributed by atoms with van der Waals surface area (Å²) in [5, 5.41) is 0.988. The highest BCUT2D eigenvalue weighted by molar-refractivity contribution is 7.13. The smallest absolute Gasteiger partial charge is 0.266 e. The molecule has 0 saturated carbocycles. The Morgan fingerprint density at radius 3 is 2.60 bits per heavy atom. The first-order valence-corrected chi connectivity index (χ1v) is 9.37. The maximum atomic E-state index is 14.0. The summed E-state index contributed by atoms with van der Waals surface area (Å²) in [6.45, 7) is 5.50. The van der Waals surface area contributed by atoms with Crippen molar-refractivity contribution in [3.05, 3.63) is 51.2 Å². The Morgan fingerprint density at radius 1 is 1.24 bits per heavy atom. The Bertz CT molecular complexity index is 714. The van der Waals surface area contributed by atoms with E-state index in [4.69, 9.17) is 0 Å². The van der Waals surface area contributed by atoms with Gasteiger partial charge in [-0.15, -0.1) is 11.3 Å². The van der Waals surface area contributed by atoms with Crippen LogP contribution >= 0.6 is 11.3 Å². The third-order valence-electron chi connectivity index (χ3n) is 3.92. The van der Waals surface area contributed by atoms with Crippen molar-refractivity contribution in [3.63, 3.8) is 0 Å². The molecule has 0 bridgehead atoms. The molecule has 2 rings (SSSR count). The van der Waals surface area contributed by atoms with Crippen LogP contribution in [0.25, 0.3) is 0 Å². The van der Waals surface area contributed by atoms with Gasteiger partial charge in [0.25, 0.3) is 5.91 Å². The molecule has 0 aliphatic carbocycles. The van der Waals surface area contributed by atoms with Crippen LogP contribution in [-0.4, -0.2) is 47.9 Å². The van der Waals surface area contributed by atoms with Gasteiger partial charge in [0.2, 0.25) is 0 Å². The van der Waals surface area contributed by atoms with Gasteiger partial charge in [-0.05, 0) is 39.9 Å². The molecule has 0 saturated heterocycles. The number of benzene rings is 1. The minimum Gasteiger partial charge on any atom is -0.332 e. The summed E-state index contributed by atoms with van der Waals surface area (Å²) in [6, 6.07) is 6.62. The molecular weight excluding hydrogens is 337 g/mol. The topological polar surface area (TPSA) is 36.4 Å². The summed E-state index contributed by atoms with van der Waals surface area (Å²) >= 11 is 1.46. The van der Waals surface area contributed by atoms with Gasteiger partial charge in [0.1, 0.15) is 10.7 Å². The Kier molecular flexibility index (Phi) is 7.08. The Hall–Kier alpha value is -1.79. The van der Waals surface area contributed by atoms with Crippen LogP contribution in [0.1, 0.15) is 39.3 Å². The fourth-order valence-electron chi connectivity index (χ4n) is 2.52. The number of hydrogen-bond acceptors (Lipinski definition) is 4. The van der Waals surface area contributed by atoms with Gasteiger partial charge >= 0.3 is 0 Å². The van der Waals surface area contributed by atoms with Gasteiger partial charge < -0.3 is 9.80 Å². The zero-order chi connectivity index (χ0) is 18.4. The van der Waals surface area contributed by atoms with E-state index in [0.29, 0.717) is 17.0 Å². The number of carbonyl (C=O) groups is 1. The minimum atomic E-state index is -0.280. The van der Waals surface area contributed by atoms with Crippen LogP contribution in [0.4, 0.5) is 4.39 Å². The van der Waals surface area contributed by atoms with E-state index < -0.39 is 0 Å². The van der Waals surface area contributed by atoms with Gasteiger partial charge in [0.05, 0.1) is 10.7 Å². The Morgan fingerprint density at radius 2 is 1.96 bits per heavy atom. The maximum absolute atomic E-state index is 14.0. The Labute approximate surface area is 153 Å². The number of carbonyl (C=O) groups excluding carboxylic acids is 1. The highest BCUT2D eigenvalue weighted by Crippen LogP contribution is 2.22. The molecule has 0 N–H and O–H groups in total. The number of aromatic nitrogens is 1. The molecule has 0 aliphatic heterocycles. The molecule has 0 atom stereocenters. The van der Waals surface area contributed by atoms with Crippen molar-refractivity contribution >= 4 is 17.2 Å². The number of amides is 1. The predicted octanol–water partition coefficient (Wildman–Crippen LogP) is 3.75. The van der Waals surface area contributed by atoms with Gasteiger partial charge in [-0.25, -0.2) is 9.37 Å². The van der Waals surface area contributed by atoms with E-state index in [-0.39, 0.29) is 18.3 Å². The normalized spacial score (nSPS) is 11.1. The number of thiazole rings is 1. The quantitative estimate of drug-likeness (QED) is 0.717. The minimum absolute atomic E-state index is 0.0672. The number of nitrogens with zero attached hydrogens (tertiary/aromatic N) is 3. The maximum Gasteiger partial charge on any atom is 0.266 e. The van der Waals surface area contributed by atoms with Gasteiger partial charge in [-0.1, -0.05) is 25.1 Å². The monoisotopic (exact) mass is 363 g/mol. The van der Waals surface area contributed by atoms with Crippen molar-refractivity contribution in [2.75, 3.05) is 27.2 Å². The van der Waals surface area contributed by atoms with E-state index >= 15 is 0 Å². The second-order valence-electron chi connectivity index (χ2n) is 6.39. The second kappa shape index (κ2) is 9.06. The van der Waals surface area contributed by atoms with Crippen molar-refractivity contribution in [3.8, 4) is 0 Å². The van der Waals surface area contributed by atoms with Gasteiger partial charge in [-0.3, -0.25) is 4.79 Å². The number of rotatable bonds is 8. The molecule has 6 heteroatoms. The average molecular weight is 364 g/mol. The number of likely N-dealkylation sites (N-methyl/N-ethyl adjacent to an activating group) is 1. The van der Waals surface area contributed by atoms with Gasteiger partial charge in [-0.2, -0.15) is 0 Å². The van der Waals surface area contributed by atoms with Crippen LogP contribution in [0.2, 0.25) is 0 Å². The lowest BCUT2D eigenvalue weighted by molar-refractivity contribution is 0.0734. The molecule has 1 heterocycles. The molecule has 0 fully saturated rings. The molecule has 0 spiro atoms. The summed E-state index contributed by atoms with van der Waals surface area (Å²) in [5.41, 5.74) is 1.30. The molecule has 1 aromatic heterocycles. The highest BCUT2D eigenvalue weighted by Gasteiger charge is 2.22. The van der Waals surface area contributed by atoms with Crippen LogP contribution in [0.3, 0.4) is 0 Å². The number of hydrogen-bond donors (Lipinski definition) is 0. The third-order valence-corrected chi connectivity index (χ3v) is 5.13. The standard InChI is InChI=1S/C19H26FN3OS/c1-5-8-17-21-14(2)18(25-17)19(24)23(12-11-22(3)4)13-15-9-6-7-10-16(15)20/h6-7,9-10H,5,8,11-13H2,1-4H3. The molecule has 2 aromatic rings. The molecule has 1 aromatic carbocycles. The molecular formula is C19H26FN3OS. The van der Waals surface area contributed by atoms with Crippen molar-refractivity contribution in [1.82, 2.24) is 14.8 Å². The molecule has 0 radical (unpaired) electrons. The van der Waals surface area contributed by atoms with Crippen LogP contribution in [0.5, 0.6) is 0 Å². The van der Waals surface area contributed by atoms with Gasteiger partial charge in [0.15, 0.2) is 0 Å². The van der Waals surface area contributed by atoms with E-state index in [9.17, 15) is 9.18 Å². The van der Waals surface area contributed by atoms with E-state index in [2.05, 4.69) is 11.9 Å². The molecule has 25 heavy (non-hydrogen) atoms. The molecule has 4 nitrogen and oxygen atoms in total. The summed E-state index contributed by atoms with van der Waals surface area (Å²) < 4.78 is 14.0. The summed E-state index contributed by atoms with van der Waals surface area (Å²) in [5.74, 6) is -0.347. The highest BCUT2D eigenvalue weighted by atomic mass is 32.1. The molecule has 0 aliphatic rings. The predicted molar refractivity (Wildman–Crippen MR) is 101 cm³/mol. The van der Waals surface area contributed by atoms with Crippen molar-refractivity contribution < 1.29 is 9.18 Å². The van der Waals surface area contributed by atoms with Crippen LogP contribution in [-0.2, 0) is 13.0 Å². The molecule has 0 unspecified atom stereocenters. The fraction of sp³-hybridized carbons (Fsp3) is 0.474. The van der Waals surface area contributed by atoms with Crippen LogP contribution in [0, 0.1) is 12.7 Å². The third kappa shape index (κ3) is 5.34. The first-order valence-electron chi connectivity index (χ1n) is 8.56. The average Bonchev–Trinajstić information content (AvgIpc) is 2.93. The van der Waals surface area contributed by atoms with Gasteiger partial charge in [0, 0.05) is 25.2 Å². The van der Waals surface area contributed by atoms with E-state index in [1.165, 1.54) is 17.4 Å². The summed E-state index contributed by atoms with van der Waals surface area (Å²) in [6.07, 6.45) is 1.88. The van der Waals surface area contributed by atoms with Crippen molar-refractivity contribution in [2.45, 2.75) is 33.2 Å². The number of halogens is 1. The van der Waals surface area contributed by atoms with Crippen molar-refractivity contribution in [1.29, 1.82) is 0 Å². The SMILES string of the molecule is CCCc1nc(C)c(C(=O)N(CCN(C)C)Cc2ccccc2F)s1. The second-order valence-corrected chi connectivity index (χ2v) is 7.48. The fourth-order valence-corrected chi connectivity index (χ4v) is 3.65. The first-order chi connectivity index (χ1) is 11.9. The number of aryl methyl sites for hydroxylation is 2. The van der Waals surface area contributed by atoms with E-state index in [1.807, 2.05) is 25.9 Å². The largest absolute Gasteiger partial charge is 0.332 e. The summed E-state index contributed by atoms with van der Waals surface area (Å²) in [4.78, 5) is 22.0. The lowest BCUT2D eigenvalue weighted by Crippen LogP contribution is -2.36. The summed E-state index contributed by atoms with van der Waals surface area (Å²) in [7, 11) is 3.92. The van der Waals surface area contributed by atoms with Crippen LogP contribution < -0.4 is 0 Å². The zero-order valence-corrected chi connectivity index (χ0v) is 16.2. The first kappa shape index (κ1) is 19.5. The molecule has 136 valence electrons. The van der Waals surface area contributed by atoms with E-state index in [1.54, 1.807) is 23.1 Å². The lowest BCUT2D eigenvalue weighted by Gasteiger charge is -2.24. The van der Waals surface area contributed by atoms with E-state index in [0.717, 1.165) is 30.1 Å². The van der Waals surface area contributed by atoms with Crippen molar-refractivity contribution in [2.24, 2.45) is 0 Å². The molecule has 1 amide bonds.